The molecular formula is C20H17N3O5S. The van der Waals surface area contributed by atoms with Gasteiger partial charge in [0.05, 0.1) is 16.8 Å². The molecule has 9 heteroatoms. The van der Waals surface area contributed by atoms with Gasteiger partial charge in [0.25, 0.3) is 5.69 Å². The van der Waals surface area contributed by atoms with Crippen LogP contribution < -0.4 is 9.61 Å². The van der Waals surface area contributed by atoms with Gasteiger partial charge in [0, 0.05) is 12.1 Å². The molecule has 3 aromatic carbocycles. The first kappa shape index (κ1) is 20.0. The van der Waals surface area contributed by atoms with E-state index in [0.717, 1.165) is 5.56 Å². The fourth-order valence-electron chi connectivity index (χ4n) is 2.33. The second kappa shape index (κ2) is 8.53. The molecule has 0 unspecified atom stereocenters. The number of benzene rings is 3. The summed E-state index contributed by atoms with van der Waals surface area (Å²) in [6.45, 7) is 1.87. The van der Waals surface area contributed by atoms with Gasteiger partial charge in [0.15, 0.2) is 0 Å². The van der Waals surface area contributed by atoms with Crippen molar-refractivity contribution in [1.29, 1.82) is 0 Å². The van der Waals surface area contributed by atoms with Crippen molar-refractivity contribution in [3.63, 3.8) is 0 Å². The van der Waals surface area contributed by atoms with E-state index in [1.54, 1.807) is 36.4 Å². The molecule has 0 bridgehead atoms. The molecule has 0 aliphatic heterocycles. The van der Waals surface area contributed by atoms with Crippen LogP contribution in [0.3, 0.4) is 0 Å². The summed E-state index contributed by atoms with van der Waals surface area (Å²) in [6.07, 6.45) is 1.53. The van der Waals surface area contributed by atoms with Crippen molar-refractivity contribution in [1.82, 2.24) is 0 Å². The van der Waals surface area contributed by atoms with E-state index in [2.05, 4.69) is 10.5 Å². The van der Waals surface area contributed by atoms with Crippen molar-refractivity contribution in [2.24, 2.45) is 5.10 Å². The summed E-state index contributed by atoms with van der Waals surface area (Å²) in [5.74, 6) is 0.186. The number of hydrogen-bond donors (Lipinski definition) is 1. The van der Waals surface area contributed by atoms with Crippen LogP contribution in [-0.4, -0.2) is 19.6 Å². The molecule has 8 nitrogen and oxygen atoms in total. The minimum atomic E-state index is -3.90. The Labute approximate surface area is 167 Å². The number of aryl methyl sites for hydroxylation is 1. The van der Waals surface area contributed by atoms with Crippen molar-refractivity contribution in [3.8, 4) is 5.75 Å². The van der Waals surface area contributed by atoms with Gasteiger partial charge < -0.3 is 4.18 Å². The van der Waals surface area contributed by atoms with Crippen molar-refractivity contribution in [2.75, 3.05) is 5.43 Å². The van der Waals surface area contributed by atoms with E-state index in [1.807, 2.05) is 6.92 Å². The number of anilines is 1. The van der Waals surface area contributed by atoms with Crippen molar-refractivity contribution in [2.45, 2.75) is 11.8 Å². The average molecular weight is 411 g/mol. The Hall–Kier alpha value is -3.72. The van der Waals surface area contributed by atoms with Crippen LogP contribution in [0.1, 0.15) is 11.1 Å². The molecule has 0 saturated heterocycles. The lowest BCUT2D eigenvalue weighted by Gasteiger charge is -2.07. The number of nitro benzene ring substituents is 1. The van der Waals surface area contributed by atoms with Gasteiger partial charge in [-0.2, -0.15) is 13.5 Å². The van der Waals surface area contributed by atoms with E-state index in [0.29, 0.717) is 11.3 Å². The first-order valence-electron chi connectivity index (χ1n) is 8.48. The zero-order chi connectivity index (χ0) is 20.9. The molecule has 0 spiro atoms. The SMILES string of the molecule is Cc1ccc(S(=O)(=O)Oc2ccc(/C=N\Nc3ccc([N+](=O)[O-])cc3)cc2)cc1. The van der Waals surface area contributed by atoms with Gasteiger partial charge in [0.2, 0.25) is 0 Å². The second-order valence-corrected chi connectivity index (χ2v) is 7.64. The molecule has 0 amide bonds. The molecule has 29 heavy (non-hydrogen) atoms. The summed E-state index contributed by atoms with van der Waals surface area (Å²) < 4.78 is 29.7. The molecule has 1 N–H and O–H groups in total. The molecule has 148 valence electrons. The van der Waals surface area contributed by atoms with Gasteiger partial charge in [-0.1, -0.05) is 17.7 Å². The highest BCUT2D eigenvalue weighted by Gasteiger charge is 2.16. The minimum Gasteiger partial charge on any atom is -0.379 e. The van der Waals surface area contributed by atoms with Crippen molar-refractivity contribution < 1.29 is 17.5 Å². The predicted molar refractivity (Wildman–Crippen MR) is 110 cm³/mol. The molecule has 3 rings (SSSR count). The van der Waals surface area contributed by atoms with Crippen LogP contribution in [-0.2, 0) is 10.1 Å². The average Bonchev–Trinajstić information content (AvgIpc) is 2.70. The monoisotopic (exact) mass is 411 g/mol. The summed E-state index contributed by atoms with van der Waals surface area (Å²) in [7, 11) is -3.90. The number of rotatable bonds is 7. The Morgan fingerprint density at radius 1 is 0.966 bits per heavy atom. The molecule has 0 aromatic heterocycles. The highest BCUT2D eigenvalue weighted by molar-refractivity contribution is 7.87. The summed E-state index contributed by atoms with van der Waals surface area (Å²) >= 11 is 0. The van der Waals surface area contributed by atoms with E-state index >= 15 is 0 Å². The number of nitrogens with one attached hydrogen (secondary N) is 1. The molecule has 3 aromatic rings. The van der Waals surface area contributed by atoms with E-state index in [9.17, 15) is 18.5 Å². The minimum absolute atomic E-state index is 0.00397. The fourth-order valence-corrected chi connectivity index (χ4v) is 3.26. The second-order valence-electron chi connectivity index (χ2n) is 6.09. The molecule has 0 heterocycles. The van der Waals surface area contributed by atoms with Crippen LogP contribution in [0.15, 0.2) is 82.8 Å². The lowest BCUT2D eigenvalue weighted by atomic mass is 10.2. The summed E-state index contributed by atoms with van der Waals surface area (Å²) in [5.41, 5.74) is 5.01. The van der Waals surface area contributed by atoms with Crippen molar-refractivity contribution >= 4 is 27.7 Å². The third kappa shape index (κ3) is 5.39. The van der Waals surface area contributed by atoms with E-state index in [4.69, 9.17) is 4.18 Å². The van der Waals surface area contributed by atoms with E-state index in [1.165, 1.54) is 42.6 Å². The summed E-state index contributed by atoms with van der Waals surface area (Å²) in [5, 5.41) is 14.7. The van der Waals surface area contributed by atoms with E-state index in [-0.39, 0.29) is 16.3 Å². The number of hydrogen-bond acceptors (Lipinski definition) is 7. The number of hydrazone groups is 1. The maximum atomic E-state index is 12.3. The summed E-state index contributed by atoms with van der Waals surface area (Å²) in [4.78, 5) is 10.2. The Morgan fingerprint density at radius 3 is 2.17 bits per heavy atom. The number of nitro groups is 1. The quantitative estimate of drug-likeness (QED) is 0.271. The Morgan fingerprint density at radius 2 is 1.59 bits per heavy atom. The molecular weight excluding hydrogens is 394 g/mol. The molecule has 0 atom stereocenters. The summed E-state index contributed by atoms with van der Waals surface area (Å²) in [6, 6.07) is 18.6. The van der Waals surface area contributed by atoms with Gasteiger partial charge >= 0.3 is 10.1 Å². The van der Waals surface area contributed by atoms with Crippen LogP contribution in [0.2, 0.25) is 0 Å². The van der Waals surface area contributed by atoms with Gasteiger partial charge in [-0.25, -0.2) is 0 Å². The molecule has 0 saturated carbocycles. The van der Waals surface area contributed by atoms with Crippen LogP contribution in [0.4, 0.5) is 11.4 Å². The molecule has 0 aliphatic carbocycles. The zero-order valence-corrected chi connectivity index (χ0v) is 16.2. The van der Waals surface area contributed by atoms with E-state index < -0.39 is 15.0 Å². The van der Waals surface area contributed by atoms with Gasteiger partial charge in [-0.15, -0.1) is 0 Å². The normalized spacial score (nSPS) is 11.3. The smallest absolute Gasteiger partial charge is 0.339 e. The first-order valence-corrected chi connectivity index (χ1v) is 9.89. The Bertz CT molecular complexity index is 1120. The lowest BCUT2D eigenvalue weighted by Crippen LogP contribution is -2.09. The van der Waals surface area contributed by atoms with Crippen LogP contribution >= 0.6 is 0 Å². The van der Waals surface area contributed by atoms with Gasteiger partial charge in [-0.05, 0) is 61.0 Å². The molecule has 0 radical (unpaired) electrons. The highest BCUT2D eigenvalue weighted by Crippen LogP contribution is 2.19. The largest absolute Gasteiger partial charge is 0.379 e. The topological polar surface area (TPSA) is 111 Å². The third-order valence-corrected chi connectivity index (χ3v) is 5.14. The zero-order valence-electron chi connectivity index (χ0n) is 15.3. The Balaban J connectivity index is 1.61. The lowest BCUT2D eigenvalue weighted by molar-refractivity contribution is -0.384. The van der Waals surface area contributed by atoms with Crippen LogP contribution in [0, 0.1) is 17.0 Å². The molecule has 0 aliphatic rings. The van der Waals surface area contributed by atoms with Gasteiger partial charge in [0.1, 0.15) is 10.6 Å². The first-order chi connectivity index (χ1) is 13.8. The third-order valence-electron chi connectivity index (χ3n) is 3.88. The number of nitrogens with zero attached hydrogens (tertiary/aromatic N) is 2. The van der Waals surface area contributed by atoms with Crippen LogP contribution in [0.5, 0.6) is 5.75 Å². The van der Waals surface area contributed by atoms with Gasteiger partial charge in [-0.3, -0.25) is 15.5 Å². The van der Waals surface area contributed by atoms with Crippen molar-refractivity contribution in [3.05, 3.63) is 94.0 Å². The fraction of sp³-hybridized carbons (Fsp3) is 0.0500. The van der Waals surface area contributed by atoms with Crippen LogP contribution in [0.25, 0.3) is 0 Å². The maximum Gasteiger partial charge on any atom is 0.339 e. The maximum absolute atomic E-state index is 12.3. The highest BCUT2D eigenvalue weighted by atomic mass is 32.2. The Kier molecular flexibility index (Phi) is 5.89. The number of non-ortho nitro benzene ring substituents is 1. The molecule has 0 fully saturated rings. The standard InChI is InChI=1S/C20H17N3O5S/c1-15-2-12-20(13-3-15)29(26,27)28-19-10-4-16(5-11-19)14-21-22-17-6-8-18(9-7-17)23(24)25/h2-14,22H,1H3/b21-14-. The predicted octanol–water partition coefficient (Wildman–Crippen LogP) is 4.12.